The molecule has 1 aromatic carbocycles. The topological polar surface area (TPSA) is 54.5 Å². The molecule has 1 fully saturated rings. The normalized spacial score (nSPS) is 19.6. The molecule has 2 rings (SSSR count). The average Bonchev–Trinajstić information content (AvgIpc) is 2.36. The maximum atomic E-state index is 13.8. The van der Waals surface area contributed by atoms with Crippen molar-refractivity contribution in [1.82, 2.24) is 4.90 Å². The van der Waals surface area contributed by atoms with E-state index in [1.807, 2.05) is 6.92 Å². The first-order valence-corrected chi connectivity index (χ1v) is 8.74. The van der Waals surface area contributed by atoms with Crippen LogP contribution in [0, 0.1) is 17.6 Å². The largest absolute Gasteiger partial charge is 0.338 e. The molecule has 1 unspecified atom stereocenters. The van der Waals surface area contributed by atoms with Gasteiger partial charge in [-0.2, -0.15) is 0 Å². The van der Waals surface area contributed by atoms with E-state index < -0.39 is 37.1 Å². The van der Waals surface area contributed by atoms with Crippen LogP contribution in [-0.2, 0) is 9.05 Å². The molecule has 0 bridgehead atoms. The zero-order chi connectivity index (χ0) is 15.8. The number of carbonyl (C=O) groups is 1. The SMILES string of the molecule is CC1CCCN(C(=O)c2cc(S(=O)(=O)Cl)c(F)cc2F)C1. The summed E-state index contributed by atoms with van der Waals surface area (Å²) < 4.78 is 49.8. The molecule has 1 heterocycles. The molecule has 0 spiro atoms. The average molecular weight is 338 g/mol. The molecule has 1 aromatic rings. The van der Waals surface area contributed by atoms with Gasteiger partial charge >= 0.3 is 0 Å². The summed E-state index contributed by atoms with van der Waals surface area (Å²) >= 11 is 0. The van der Waals surface area contributed by atoms with E-state index in [0.717, 1.165) is 12.8 Å². The molecule has 4 nitrogen and oxygen atoms in total. The molecular formula is C13H14ClF2NO3S. The van der Waals surface area contributed by atoms with Gasteiger partial charge in [0, 0.05) is 29.8 Å². The highest BCUT2D eigenvalue weighted by molar-refractivity contribution is 8.13. The molecule has 21 heavy (non-hydrogen) atoms. The van der Waals surface area contributed by atoms with Gasteiger partial charge in [-0.3, -0.25) is 4.79 Å². The van der Waals surface area contributed by atoms with Crippen LogP contribution in [0.5, 0.6) is 0 Å². The second-order valence-corrected chi connectivity index (χ2v) is 7.73. The van der Waals surface area contributed by atoms with Gasteiger partial charge in [0.1, 0.15) is 16.5 Å². The Kier molecular flexibility index (Phi) is 4.53. The van der Waals surface area contributed by atoms with Gasteiger partial charge in [0.15, 0.2) is 0 Å². The van der Waals surface area contributed by atoms with Crippen molar-refractivity contribution in [3.05, 3.63) is 29.3 Å². The lowest BCUT2D eigenvalue weighted by Gasteiger charge is -2.31. The fourth-order valence-electron chi connectivity index (χ4n) is 2.42. The summed E-state index contributed by atoms with van der Waals surface area (Å²) in [6.45, 7) is 2.89. The van der Waals surface area contributed by atoms with Crippen LogP contribution in [0.1, 0.15) is 30.1 Å². The molecule has 0 N–H and O–H groups in total. The number of amides is 1. The Bertz CT molecular complexity index is 678. The highest BCUT2D eigenvalue weighted by atomic mass is 35.7. The molecular weight excluding hydrogens is 324 g/mol. The first-order valence-electron chi connectivity index (χ1n) is 6.43. The summed E-state index contributed by atoms with van der Waals surface area (Å²) in [4.78, 5) is 12.8. The number of halogens is 3. The second-order valence-electron chi connectivity index (χ2n) is 5.20. The van der Waals surface area contributed by atoms with E-state index in [-0.39, 0.29) is 5.92 Å². The molecule has 0 aromatic heterocycles. The molecule has 0 saturated carbocycles. The van der Waals surface area contributed by atoms with E-state index in [1.54, 1.807) is 0 Å². The zero-order valence-corrected chi connectivity index (χ0v) is 12.8. The lowest BCUT2D eigenvalue weighted by molar-refractivity contribution is 0.0678. The van der Waals surface area contributed by atoms with E-state index in [2.05, 4.69) is 0 Å². The monoisotopic (exact) mass is 337 g/mol. The predicted octanol–water partition coefficient (Wildman–Crippen LogP) is 2.76. The maximum absolute atomic E-state index is 13.8. The number of nitrogens with zero attached hydrogens (tertiary/aromatic N) is 1. The fourth-order valence-corrected chi connectivity index (χ4v) is 3.33. The second kappa shape index (κ2) is 5.88. The highest BCUT2D eigenvalue weighted by Gasteiger charge is 2.27. The molecule has 1 aliphatic heterocycles. The van der Waals surface area contributed by atoms with Crippen molar-refractivity contribution in [2.45, 2.75) is 24.7 Å². The van der Waals surface area contributed by atoms with Crippen LogP contribution in [0.25, 0.3) is 0 Å². The van der Waals surface area contributed by atoms with E-state index in [4.69, 9.17) is 10.7 Å². The van der Waals surface area contributed by atoms with E-state index in [1.165, 1.54) is 4.90 Å². The van der Waals surface area contributed by atoms with Crippen LogP contribution in [0.2, 0.25) is 0 Å². The number of carbonyl (C=O) groups excluding carboxylic acids is 1. The number of rotatable bonds is 2. The summed E-state index contributed by atoms with van der Waals surface area (Å²) in [5.41, 5.74) is -0.482. The van der Waals surface area contributed by atoms with Crippen molar-refractivity contribution in [3.8, 4) is 0 Å². The van der Waals surface area contributed by atoms with Gasteiger partial charge in [-0.1, -0.05) is 6.92 Å². The maximum Gasteiger partial charge on any atom is 0.264 e. The number of benzene rings is 1. The van der Waals surface area contributed by atoms with Crippen LogP contribution < -0.4 is 0 Å². The van der Waals surface area contributed by atoms with Gasteiger partial charge in [0.05, 0.1) is 5.56 Å². The Morgan fingerprint density at radius 1 is 1.33 bits per heavy atom. The molecule has 0 aliphatic carbocycles. The minimum absolute atomic E-state index is 0.280. The van der Waals surface area contributed by atoms with Gasteiger partial charge in [-0.15, -0.1) is 0 Å². The lowest BCUT2D eigenvalue weighted by Crippen LogP contribution is -2.39. The lowest BCUT2D eigenvalue weighted by atomic mass is 9.99. The third-order valence-corrected chi connectivity index (χ3v) is 4.80. The first-order chi connectivity index (χ1) is 9.70. The molecule has 116 valence electrons. The van der Waals surface area contributed by atoms with E-state index in [0.29, 0.717) is 25.2 Å². The van der Waals surface area contributed by atoms with Crippen molar-refractivity contribution >= 4 is 25.6 Å². The van der Waals surface area contributed by atoms with Crippen molar-refractivity contribution in [2.75, 3.05) is 13.1 Å². The molecule has 1 atom stereocenters. The first kappa shape index (κ1) is 16.2. The number of likely N-dealkylation sites (tertiary alicyclic amines) is 1. The van der Waals surface area contributed by atoms with Crippen molar-refractivity contribution in [3.63, 3.8) is 0 Å². The van der Waals surface area contributed by atoms with E-state index in [9.17, 15) is 22.0 Å². The fraction of sp³-hybridized carbons (Fsp3) is 0.462. The molecule has 8 heteroatoms. The minimum atomic E-state index is -4.39. The third kappa shape index (κ3) is 3.52. The van der Waals surface area contributed by atoms with Crippen LogP contribution in [-0.4, -0.2) is 32.3 Å². The number of piperidine rings is 1. The van der Waals surface area contributed by atoms with Crippen LogP contribution in [0.3, 0.4) is 0 Å². The van der Waals surface area contributed by atoms with Gasteiger partial charge in [-0.05, 0) is 24.8 Å². The molecule has 0 radical (unpaired) electrons. The molecule has 1 amide bonds. The summed E-state index contributed by atoms with van der Waals surface area (Å²) in [6, 6.07) is 1.03. The third-order valence-electron chi connectivity index (χ3n) is 3.46. The Morgan fingerprint density at radius 2 is 2.00 bits per heavy atom. The van der Waals surface area contributed by atoms with Crippen LogP contribution in [0.4, 0.5) is 8.78 Å². The number of hydrogen-bond acceptors (Lipinski definition) is 3. The summed E-state index contributed by atoms with van der Waals surface area (Å²) in [7, 11) is 0.699. The van der Waals surface area contributed by atoms with Crippen molar-refractivity contribution in [1.29, 1.82) is 0 Å². The van der Waals surface area contributed by atoms with E-state index >= 15 is 0 Å². The Balaban J connectivity index is 2.41. The van der Waals surface area contributed by atoms with Crippen molar-refractivity contribution < 1.29 is 22.0 Å². The molecule has 1 saturated heterocycles. The predicted molar refractivity (Wildman–Crippen MR) is 73.7 cm³/mol. The van der Waals surface area contributed by atoms with Gasteiger partial charge in [-0.25, -0.2) is 17.2 Å². The smallest absolute Gasteiger partial charge is 0.264 e. The quantitative estimate of drug-likeness (QED) is 0.780. The Hall–Kier alpha value is -1.21. The van der Waals surface area contributed by atoms with Gasteiger partial charge in [0.25, 0.3) is 15.0 Å². The number of hydrogen-bond donors (Lipinski definition) is 0. The van der Waals surface area contributed by atoms with Crippen LogP contribution >= 0.6 is 10.7 Å². The molecule has 1 aliphatic rings. The van der Waals surface area contributed by atoms with Crippen LogP contribution in [0.15, 0.2) is 17.0 Å². The summed E-state index contributed by atoms with van der Waals surface area (Å²) in [5.74, 6) is -2.78. The van der Waals surface area contributed by atoms with Crippen molar-refractivity contribution in [2.24, 2.45) is 5.92 Å². The Morgan fingerprint density at radius 3 is 2.57 bits per heavy atom. The summed E-state index contributed by atoms with van der Waals surface area (Å²) in [5, 5.41) is 0. The summed E-state index contributed by atoms with van der Waals surface area (Å²) in [6.07, 6.45) is 1.76. The minimum Gasteiger partial charge on any atom is -0.338 e. The zero-order valence-electron chi connectivity index (χ0n) is 11.3. The van der Waals surface area contributed by atoms with Gasteiger partial charge in [0.2, 0.25) is 0 Å². The van der Waals surface area contributed by atoms with Gasteiger partial charge < -0.3 is 4.90 Å². The highest BCUT2D eigenvalue weighted by Crippen LogP contribution is 2.25. The Labute approximate surface area is 126 Å². The standard InChI is InChI=1S/C13H14ClF2NO3S/c1-8-3-2-4-17(7-8)13(18)9-5-12(21(14,19)20)11(16)6-10(9)15/h5-6,8H,2-4,7H2,1H3.